The van der Waals surface area contributed by atoms with Crippen LogP contribution in [0.25, 0.3) is 0 Å². The Bertz CT molecular complexity index is 1540. The van der Waals surface area contributed by atoms with E-state index in [0.717, 1.165) is 73.0 Å². The number of carbonyl (C=O) groups excluding carboxylic acids is 1. The first-order chi connectivity index (χ1) is 19.4. The summed E-state index contributed by atoms with van der Waals surface area (Å²) in [6, 6.07) is 13.0. The van der Waals surface area contributed by atoms with Crippen molar-refractivity contribution in [3.05, 3.63) is 92.5 Å². The molecule has 3 aromatic rings. The number of hydrogen-bond acceptors (Lipinski definition) is 6. The van der Waals surface area contributed by atoms with E-state index in [1.807, 2.05) is 32.9 Å². The minimum absolute atomic E-state index is 0.102. The molecule has 0 radical (unpaired) electrons. The molecular formula is C31H35N3O6S. The van der Waals surface area contributed by atoms with Gasteiger partial charge in [0.05, 0.1) is 9.82 Å². The van der Waals surface area contributed by atoms with Crippen molar-refractivity contribution < 1.29 is 22.9 Å². The Balaban J connectivity index is 1.44. The highest BCUT2D eigenvalue weighted by Crippen LogP contribution is 2.38. The van der Waals surface area contributed by atoms with E-state index in [1.165, 1.54) is 23.3 Å². The molecule has 0 heterocycles. The molecule has 0 aromatic heterocycles. The van der Waals surface area contributed by atoms with Crippen LogP contribution in [0.15, 0.2) is 59.5 Å². The van der Waals surface area contributed by atoms with Gasteiger partial charge in [0.25, 0.3) is 5.69 Å². The Morgan fingerprint density at radius 2 is 1.54 bits per heavy atom. The molecule has 3 aromatic carbocycles. The number of benzene rings is 3. The average molecular weight is 578 g/mol. The highest BCUT2D eigenvalue weighted by atomic mass is 32.2. The number of nitrogens with one attached hydrogen (secondary N) is 2. The highest BCUT2D eigenvalue weighted by molar-refractivity contribution is 7.89. The molecule has 5 rings (SSSR count). The van der Waals surface area contributed by atoms with Crippen molar-refractivity contribution in [1.29, 1.82) is 0 Å². The van der Waals surface area contributed by atoms with Gasteiger partial charge in [-0.05, 0) is 118 Å². The monoisotopic (exact) mass is 577 g/mol. The number of rotatable bonds is 9. The molecular weight excluding hydrogens is 542 g/mol. The number of anilines is 1. The summed E-state index contributed by atoms with van der Waals surface area (Å²) in [5, 5.41) is 14.2. The van der Waals surface area contributed by atoms with Crippen molar-refractivity contribution in [3.8, 4) is 5.75 Å². The fourth-order valence-corrected chi connectivity index (χ4v) is 6.85. The number of nitro groups is 1. The van der Waals surface area contributed by atoms with Crippen LogP contribution >= 0.6 is 0 Å². The van der Waals surface area contributed by atoms with Gasteiger partial charge in [0.2, 0.25) is 15.9 Å². The number of carbonyl (C=O) groups is 1. The Labute approximate surface area is 240 Å². The van der Waals surface area contributed by atoms with Gasteiger partial charge in [-0.15, -0.1) is 0 Å². The van der Waals surface area contributed by atoms with Crippen molar-refractivity contribution in [2.45, 2.75) is 82.3 Å². The molecule has 2 aliphatic carbocycles. The summed E-state index contributed by atoms with van der Waals surface area (Å²) in [4.78, 5) is 24.2. The molecule has 2 N–H and O–H groups in total. The molecule has 0 spiro atoms. The lowest BCUT2D eigenvalue weighted by Crippen LogP contribution is -2.45. The standard InChI is InChI=1S/C31H35N3O6S/c1-31(2,3)40-24-14-10-20(11-15-24)18-28(33-41(38,39)25-16-12-23(13-17-25)34(36)37)30(35)32-29-26-8-4-6-21(26)19-22-7-5-9-27(22)29/h10-17,19,28,33H,4-9,18H2,1-3H3,(H,32,35). The van der Waals surface area contributed by atoms with Crippen LogP contribution in [0.1, 0.15) is 61.4 Å². The molecule has 0 saturated carbocycles. The van der Waals surface area contributed by atoms with E-state index >= 15 is 0 Å². The lowest BCUT2D eigenvalue weighted by atomic mass is 9.98. The zero-order valence-electron chi connectivity index (χ0n) is 23.5. The number of fused-ring (bicyclic) bond motifs is 2. The lowest BCUT2D eigenvalue weighted by molar-refractivity contribution is -0.384. The van der Waals surface area contributed by atoms with Gasteiger partial charge in [0.15, 0.2) is 0 Å². The van der Waals surface area contributed by atoms with Crippen LogP contribution in [0.5, 0.6) is 5.75 Å². The molecule has 2 aliphatic rings. The Morgan fingerprint density at radius 3 is 2.07 bits per heavy atom. The fourth-order valence-electron chi connectivity index (χ4n) is 5.65. The van der Waals surface area contributed by atoms with E-state index in [-0.39, 0.29) is 22.6 Å². The summed E-state index contributed by atoms with van der Waals surface area (Å²) in [5.74, 6) is 0.226. The van der Waals surface area contributed by atoms with E-state index in [2.05, 4.69) is 16.1 Å². The quantitative estimate of drug-likeness (QED) is 0.263. The molecule has 1 unspecified atom stereocenters. The molecule has 10 heteroatoms. The number of hydrogen-bond donors (Lipinski definition) is 2. The second kappa shape index (κ2) is 11.3. The van der Waals surface area contributed by atoms with Gasteiger partial charge in [0.1, 0.15) is 17.4 Å². The van der Waals surface area contributed by atoms with Crippen LogP contribution in [0.3, 0.4) is 0 Å². The van der Waals surface area contributed by atoms with Crippen molar-refractivity contribution in [3.63, 3.8) is 0 Å². The third-order valence-corrected chi connectivity index (χ3v) is 8.97. The number of nitrogens with zero attached hydrogens (tertiary/aromatic N) is 1. The molecule has 41 heavy (non-hydrogen) atoms. The number of ether oxygens (including phenoxy) is 1. The lowest BCUT2D eigenvalue weighted by Gasteiger charge is -2.23. The van der Waals surface area contributed by atoms with Crippen molar-refractivity contribution in [1.82, 2.24) is 4.72 Å². The summed E-state index contributed by atoms with van der Waals surface area (Å²) in [7, 11) is -4.17. The average Bonchev–Trinajstić information content (AvgIpc) is 3.58. The first kappa shape index (κ1) is 28.8. The van der Waals surface area contributed by atoms with Gasteiger partial charge in [-0.1, -0.05) is 18.2 Å². The smallest absolute Gasteiger partial charge is 0.269 e. The van der Waals surface area contributed by atoms with Crippen LogP contribution in [0.4, 0.5) is 11.4 Å². The highest BCUT2D eigenvalue weighted by Gasteiger charge is 2.30. The van der Waals surface area contributed by atoms with Gasteiger partial charge >= 0.3 is 0 Å². The number of sulfonamides is 1. The maximum absolute atomic E-state index is 13.9. The number of nitro benzene ring substituents is 1. The molecule has 216 valence electrons. The maximum atomic E-state index is 13.9. The first-order valence-corrected chi connectivity index (χ1v) is 15.4. The molecule has 1 atom stereocenters. The van der Waals surface area contributed by atoms with E-state index in [1.54, 1.807) is 12.1 Å². The Hall–Kier alpha value is -3.76. The second-order valence-corrected chi connectivity index (χ2v) is 13.4. The number of non-ortho nitro benzene ring substituents is 1. The number of aryl methyl sites for hydroxylation is 2. The molecule has 1 amide bonds. The normalized spacial score (nSPS) is 15.2. The van der Waals surface area contributed by atoms with Crippen molar-refractivity contribution >= 4 is 27.3 Å². The third kappa shape index (κ3) is 6.60. The molecule has 9 nitrogen and oxygen atoms in total. The Morgan fingerprint density at radius 1 is 0.951 bits per heavy atom. The van der Waals surface area contributed by atoms with Gasteiger partial charge < -0.3 is 10.1 Å². The van der Waals surface area contributed by atoms with E-state index in [4.69, 9.17) is 4.74 Å². The zero-order valence-corrected chi connectivity index (χ0v) is 24.3. The van der Waals surface area contributed by atoms with E-state index in [0.29, 0.717) is 5.75 Å². The van der Waals surface area contributed by atoms with Crippen LogP contribution < -0.4 is 14.8 Å². The summed E-state index contributed by atoms with van der Waals surface area (Å²) in [6.07, 6.45) is 5.88. The van der Waals surface area contributed by atoms with Crippen LogP contribution in [0.2, 0.25) is 0 Å². The second-order valence-electron chi connectivity index (χ2n) is 11.7. The molecule has 0 aliphatic heterocycles. The number of amides is 1. The Kier molecular flexibility index (Phi) is 7.89. The minimum Gasteiger partial charge on any atom is -0.488 e. The van der Waals surface area contributed by atoms with E-state index in [9.17, 15) is 23.3 Å². The fraction of sp³-hybridized carbons (Fsp3) is 0.387. The first-order valence-electron chi connectivity index (χ1n) is 13.9. The topological polar surface area (TPSA) is 128 Å². The molecule has 0 bridgehead atoms. The summed E-state index contributed by atoms with van der Waals surface area (Å²) >= 11 is 0. The van der Waals surface area contributed by atoms with Crippen molar-refractivity contribution in [2.24, 2.45) is 0 Å². The van der Waals surface area contributed by atoms with Gasteiger partial charge in [-0.2, -0.15) is 4.72 Å². The summed E-state index contributed by atoms with van der Waals surface area (Å²) in [5.41, 5.74) is 5.83. The van der Waals surface area contributed by atoms with Crippen LogP contribution in [0, 0.1) is 10.1 Å². The third-order valence-electron chi connectivity index (χ3n) is 7.48. The molecule has 0 saturated heterocycles. The van der Waals surface area contributed by atoms with Crippen molar-refractivity contribution in [2.75, 3.05) is 5.32 Å². The summed E-state index contributed by atoms with van der Waals surface area (Å²) in [6.45, 7) is 5.85. The molecule has 0 fully saturated rings. The van der Waals surface area contributed by atoms with Crippen LogP contribution in [-0.4, -0.2) is 30.9 Å². The SMILES string of the molecule is CC(C)(C)Oc1ccc(CC(NS(=O)(=O)c2ccc([N+](=O)[O-])cc2)C(=O)Nc2c3c(cc4c2CCC4)CCC3)cc1. The largest absolute Gasteiger partial charge is 0.488 e. The zero-order chi connectivity index (χ0) is 29.4. The minimum atomic E-state index is -4.17. The van der Waals surface area contributed by atoms with Gasteiger partial charge in [-0.25, -0.2) is 8.42 Å². The maximum Gasteiger partial charge on any atom is 0.269 e. The van der Waals surface area contributed by atoms with Gasteiger partial charge in [0, 0.05) is 17.8 Å². The predicted molar refractivity (Wildman–Crippen MR) is 157 cm³/mol. The summed E-state index contributed by atoms with van der Waals surface area (Å²) < 4.78 is 35.2. The van der Waals surface area contributed by atoms with Gasteiger partial charge in [-0.3, -0.25) is 14.9 Å². The van der Waals surface area contributed by atoms with Crippen LogP contribution in [-0.2, 0) is 46.9 Å². The van der Waals surface area contributed by atoms with E-state index < -0.39 is 26.9 Å². The predicted octanol–water partition coefficient (Wildman–Crippen LogP) is 5.28.